The molecule has 1 heteroatoms. The van der Waals surface area contributed by atoms with Gasteiger partial charge in [-0.25, -0.2) is 0 Å². The number of hydrogen-bond acceptors (Lipinski definition) is 1. The highest BCUT2D eigenvalue weighted by atomic mass is 15.1. The number of anilines is 3. The minimum absolute atomic E-state index is 0.192. The van der Waals surface area contributed by atoms with Crippen LogP contribution >= 0.6 is 0 Å². The molecule has 284 valence electrons. The van der Waals surface area contributed by atoms with Gasteiger partial charge in [-0.3, -0.25) is 0 Å². The van der Waals surface area contributed by atoms with Gasteiger partial charge >= 0.3 is 0 Å². The molecule has 0 radical (unpaired) electrons. The summed E-state index contributed by atoms with van der Waals surface area (Å²) < 4.78 is 0. The topological polar surface area (TPSA) is 3.24 Å². The van der Waals surface area contributed by atoms with E-state index in [0.717, 1.165) is 40.7 Å². The Morgan fingerprint density at radius 2 is 0.763 bits per heavy atom. The third-order valence-corrected chi connectivity index (χ3v) is 14.7. The zero-order valence-electron chi connectivity index (χ0n) is 33.3. The van der Waals surface area contributed by atoms with Crippen LogP contribution in [0.4, 0.5) is 17.1 Å². The molecule has 1 spiro atoms. The van der Waals surface area contributed by atoms with Crippen molar-refractivity contribution >= 4 is 17.1 Å². The fraction of sp³-hybridized carbons (Fsp3) is 0.172. The fourth-order valence-electron chi connectivity index (χ4n) is 12.4. The van der Waals surface area contributed by atoms with Gasteiger partial charge in [-0.05, 0) is 159 Å². The molecule has 13 rings (SSSR count). The molecule has 4 bridgehead atoms. The second kappa shape index (κ2) is 13.8. The molecule has 0 aromatic heterocycles. The molecule has 0 unspecified atom stereocenters. The van der Waals surface area contributed by atoms with Crippen LogP contribution in [-0.2, 0) is 5.41 Å². The van der Waals surface area contributed by atoms with Gasteiger partial charge in [-0.1, -0.05) is 164 Å². The average Bonchev–Trinajstić information content (AvgIpc) is 3.60. The first-order valence-corrected chi connectivity index (χ1v) is 21.8. The van der Waals surface area contributed by atoms with Crippen LogP contribution in [0.2, 0.25) is 0 Å². The molecule has 4 saturated carbocycles. The molecule has 5 aliphatic carbocycles. The smallest absolute Gasteiger partial charge is 0.0467 e. The lowest BCUT2D eigenvalue weighted by Crippen LogP contribution is -2.55. The summed E-state index contributed by atoms with van der Waals surface area (Å²) >= 11 is 0. The van der Waals surface area contributed by atoms with Crippen LogP contribution < -0.4 is 4.90 Å². The Morgan fingerprint density at radius 3 is 1.37 bits per heavy atom. The average molecular weight is 758 g/mol. The standard InChI is InChI=1S/C58H47N/c1-3-11-41(12-4-1)44-25-29-50(30-26-44)59(52-16-9-15-47(38-52)42-13-5-2-6-14-42)51-31-27-45(28-32-51)43-21-23-46(24-22-43)53-18-10-20-56-57(53)54-17-7-8-19-55(54)58(56)48-34-39-33-40(36-48)37-49(58)35-39/h1-32,38-40,48-49H,33-37H2. The molecule has 0 N–H and O–H groups in total. The molecule has 0 atom stereocenters. The molecule has 8 aromatic carbocycles. The minimum atomic E-state index is 0.192. The Kier molecular flexibility index (Phi) is 8.12. The number of benzene rings is 8. The van der Waals surface area contributed by atoms with Crippen molar-refractivity contribution in [1.82, 2.24) is 0 Å². The second-order valence-corrected chi connectivity index (χ2v) is 17.7. The van der Waals surface area contributed by atoms with Gasteiger partial charge in [0.1, 0.15) is 0 Å². The predicted octanol–water partition coefficient (Wildman–Crippen LogP) is 15.5. The molecule has 0 aliphatic heterocycles. The van der Waals surface area contributed by atoms with Crippen LogP contribution in [-0.4, -0.2) is 0 Å². The van der Waals surface area contributed by atoms with Gasteiger partial charge in [0.25, 0.3) is 0 Å². The molecule has 0 heterocycles. The third kappa shape index (κ3) is 5.59. The van der Waals surface area contributed by atoms with Crippen molar-refractivity contribution in [3.8, 4) is 55.6 Å². The van der Waals surface area contributed by atoms with Crippen LogP contribution in [0.3, 0.4) is 0 Å². The van der Waals surface area contributed by atoms with E-state index in [-0.39, 0.29) is 5.41 Å². The molecule has 8 aromatic rings. The van der Waals surface area contributed by atoms with E-state index in [2.05, 4.69) is 205 Å². The van der Waals surface area contributed by atoms with Gasteiger partial charge in [0, 0.05) is 22.5 Å². The minimum Gasteiger partial charge on any atom is -0.310 e. The normalized spacial score (nSPS) is 22.0. The van der Waals surface area contributed by atoms with Crippen LogP contribution in [0.25, 0.3) is 55.6 Å². The number of hydrogen-bond donors (Lipinski definition) is 0. The largest absolute Gasteiger partial charge is 0.310 e. The monoisotopic (exact) mass is 757 g/mol. The first-order valence-electron chi connectivity index (χ1n) is 21.8. The Hall–Kier alpha value is -6.44. The molecule has 1 nitrogen and oxygen atoms in total. The predicted molar refractivity (Wildman–Crippen MR) is 246 cm³/mol. The van der Waals surface area contributed by atoms with E-state index in [9.17, 15) is 0 Å². The van der Waals surface area contributed by atoms with Gasteiger partial charge < -0.3 is 4.90 Å². The molecule has 0 saturated heterocycles. The van der Waals surface area contributed by atoms with Crippen LogP contribution in [0.5, 0.6) is 0 Å². The number of rotatable bonds is 7. The summed E-state index contributed by atoms with van der Waals surface area (Å²) in [6.45, 7) is 0. The summed E-state index contributed by atoms with van der Waals surface area (Å²) in [5.41, 5.74) is 19.8. The summed E-state index contributed by atoms with van der Waals surface area (Å²) in [5.74, 6) is 3.45. The van der Waals surface area contributed by atoms with E-state index in [1.54, 1.807) is 11.1 Å². The quantitative estimate of drug-likeness (QED) is 0.156. The van der Waals surface area contributed by atoms with Crippen molar-refractivity contribution < 1.29 is 0 Å². The second-order valence-electron chi connectivity index (χ2n) is 17.7. The first kappa shape index (κ1) is 34.6. The van der Waals surface area contributed by atoms with Gasteiger partial charge in [0.2, 0.25) is 0 Å². The number of fused-ring (bicyclic) bond motifs is 3. The van der Waals surface area contributed by atoms with E-state index in [1.165, 1.54) is 87.7 Å². The SMILES string of the molecule is c1ccc(-c2ccc(N(c3ccc(-c4ccc(-c5cccc6c5-c5ccccc5C65C6CC7CC(C6)CC5C7)cc4)cc3)c3cccc(-c4ccccc4)c3)cc2)cc1. The molecular weight excluding hydrogens is 711 g/mol. The maximum atomic E-state index is 2.51. The summed E-state index contributed by atoms with van der Waals surface area (Å²) in [4.78, 5) is 2.37. The maximum absolute atomic E-state index is 2.51. The van der Waals surface area contributed by atoms with Crippen molar-refractivity contribution in [3.05, 3.63) is 211 Å². The Labute approximate surface area is 348 Å². The van der Waals surface area contributed by atoms with Crippen LogP contribution in [0, 0.1) is 23.7 Å². The molecule has 0 amide bonds. The summed E-state index contributed by atoms with van der Waals surface area (Å²) in [5, 5.41) is 0. The summed E-state index contributed by atoms with van der Waals surface area (Å²) in [7, 11) is 0. The fourth-order valence-corrected chi connectivity index (χ4v) is 12.4. The Balaban J connectivity index is 0.884. The lowest BCUT2D eigenvalue weighted by molar-refractivity contribution is -0.0399. The molecule has 59 heavy (non-hydrogen) atoms. The van der Waals surface area contributed by atoms with Crippen molar-refractivity contribution in [2.45, 2.75) is 37.5 Å². The van der Waals surface area contributed by atoms with Crippen LogP contribution in [0.15, 0.2) is 200 Å². The van der Waals surface area contributed by atoms with Crippen molar-refractivity contribution in [3.63, 3.8) is 0 Å². The summed E-state index contributed by atoms with van der Waals surface area (Å²) in [6, 6.07) is 74.3. The van der Waals surface area contributed by atoms with E-state index in [0.29, 0.717) is 0 Å². The molecule has 5 aliphatic rings. The zero-order valence-corrected chi connectivity index (χ0v) is 33.3. The van der Waals surface area contributed by atoms with Crippen molar-refractivity contribution in [1.29, 1.82) is 0 Å². The Morgan fingerprint density at radius 1 is 0.322 bits per heavy atom. The molecule has 4 fully saturated rings. The van der Waals surface area contributed by atoms with Gasteiger partial charge in [-0.2, -0.15) is 0 Å². The van der Waals surface area contributed by atoms with E-state index < -0.39 is 0 Å². The molecular formula is C58H47N. The highest BCUT2D eigenvalue weighted by molar-refractivity contribution is 5.93. The highest BCUT2D eigenvalue weighted by Gasteiger charge is 2.61. The lowest BCUT2D eigenvalue weighted by Gasteiger charge is -2.61. The highest BCUT2D eigenvalue weighted by Crippen LogP contribution is 2.70. The maximum Gasteiger partial charge on any atom is 0.0467 e. The van der Waals surface area contributed by atoms with Gasteiger partial charge in [0.15, 0.2) is 0 Å². The van der Waals surface area contributed by atoms with Gasteiger partial charge in [-0.15, -0.1) is 0 Å². The zero-order chi connectivity index (χ0) is 38.9. The third-order valence-electron chi connectivity index (χ3n) is 14.7. The first-order chi connectivity index (χ1) is 29.2. The van der Waals surface area contributed by atoms with E-state index in [4.69, 9.17) is 0 Å². The summed E-state index contributed by atoms with van der Waals surface area (Å²) in [6.07, 6.45) is 7.14. The lowest BCUT2D eigenvalue weighted by atomic mass is 9.43. The van der Waals surface area contributed by atoms with Crippen LogP contribution in [0.1, 0.15) is 43.2 Å². The van der Waals surface area contributed by atoms with Crippen molar-refractivity contribution in [2.75, 3.05) is 4.90 Å². The van der Waals surface area contributed by atoms with Crippen molar-refractivity contribution in [2.24, 2.45) is 23.7 Å². The van der Waals surface area contributed by atoms with E-state index in [1.807, 2.05) is 0 Å². The van der Waals surface area contributed by atoms with E-state index >= 15 is 0 Å². The Bertz CT molecular complexity index is 2770. The van der Waals surface area contributed by atoms with Gasteiger partial charge in [0.05, 0.1) is 0 Å². The number of nitrogens with zero attached hydrogens (tertiary/aromatic N) is 1.